The minimum Gasteiger partial charge on any atom is -0.391 e. The molecular weight excluding hydrogens is 326 g/mol. The van der Waals surface area contributed by atoms with Gasteiger partial charge in [0.25, 0.3) is 0 Å². The Labute approximate surface area is 142 Å². The van der Waals surface area contributed by atoms with Gasteiger partial charge in [-0.3, -0.25) is 4.68 Å². The molecular formula is C17H23N3O3S. The number of aliphatic hydroxyl groups is 1. The Morgan fingerprint density at radius 1 is 1.25 bits per heavy atom. The molecule has 0 spiro atoms. The molecule has 2 atom stereocenters. The molecule has 0 aliphatic carbocycles. The molecule has 1 aromatic heterocycles. The number of benzene rings is 1. The van der Waals surface area contributed by atoms with Gasteiger partial charge in [-0.05, 0) is 42.5 Å². The monoisotopic (exact) mass is 349 g/mol. The van der Waals surface area contributed by atoms with E-state index in [0.29, 0.717) is 19.4 Å². The molecule has 2 heterocycles. The summed E-state index contributed by atoms with van der Waals surface area (Å²) >= 11 is 0. The standard InChI is InChI=1S/C17H23N3O3S/c1-3-13-4-6-15(7-5-13)24(22,23)20-9-8-17(21)16(20)10-14-11-18-19(2)12-14/h4-7,11-12,16-17,21H,3,8-10H2,1-2H3/t16-,17-/m1/s1. The van der Waals surface area contributed by atoms with Crippen molar-refractivity contribution in [3.63, 3.8) is 0 Å². The van der Waals surface area contributed by atoms with Gasteiger partial charge in [-0.15, -0.1) is 0 Å². The average molecular weight is 349 g/mol. The Kier molecular flexibility index (Phi) is 4.76. The van der Waals surface area contributed by atoms with Crippen molar-refractivity contribution in [2.75, 3.05) is 6.54 Å². The smallest absolute Gasteiger partial charge is 0.243 e. The van der Waals surface area contributed by atoms with E-state index in [9.17, 15) is 13.5 Å². The van der Waals surface area contributed by atoms with Crippen LogP contribution in [0.4, 0.5) is 0 Å². The first-order chi connectivity index (χ1) is 11.4. The number of rotatable bonds is 5. The predicted octanol–water partition coefficient (Wildman–Crippen LogP) is 1.35. The summed E-state index contributed by atoms with van der Waals surface area (Å²) in [5.41, 5.74) is 2.02. The van der Waals surface area contributed by atoms with Crippen molar-refractivity contribution < 1.29 is 13.5 Å². The van der Waals surface area contributed by atoms with E-state index in [2.05, 4.69) is 5.10 Å². The van der Waals surface area contributed by atoms with Crippen LogP contribution in [0.15, 0.2) is 41.6 Å². The highest BCUT2D eigenvalue weighted by atomic mass is 32.2. The second kappa shape index (κ2) is 6.66. The van der Waals surface area contributed by atoms with Crippen LogP contribution in [0.2, 0.25) is 0 Å². The number of nitrogens with zero attached hydrogens (tertiary/aromatic N) is 3. The van der Waals surface area contributed by atoms with Crippen LogP contribution in [0.3, 0.4) is 0 Å². The normalized spacial score (nSPS) is 22.1. The molecule has 7 heteroatoms. The molecule has 3 rings (SSSR count). The first-order valence-corrected chi connectivity index (χ1v) is 9.62. The van der Waals surface area contributed by atoms with Crippen LogP contribution in [-0.2, 0) is 29.9 Å². The molecule has 0 bridgehead atoms. The van der Waals surface area contributed by atoms with Crippen molar-refractivity contribution in [2.45, 2.75) is 43.2 Å². The summed E-state index contributed by atoms with van der Waals surface area (Å²) in [5, 5.41) is 14.4. The van der Waals surface area contributed by atoms with Gasteiger partial charge in [0.15, 0.2) is 0 Å². The van der Waals surface area contributed by atoms with Crippen LogP contribution in [0, 0.1) is 0 Å². The van der Waals surface area contributed by atoms with Crippen LogP contribution in [0.25, 0.3) is 0 Å². The second-order valence-corrected chi connectivity index (χ2v) is 8.15. The summed E-state index contributed by atoms with van der Waals surface area (Å²) in [7, 11) is -1.80. The molecule has 0 unspecified atom stereocenters. The quantitative estimate of drug-likeness (QED) is 0.884. The number of hydrogen-bond donors (Lipinski definition) is 1. The second-order valence-electron chi connectivity index (χ2n) is 6.26. The van der Waals surface area contributed by atoms with E-state index in [1.165, 1.54) is 4.31 Å². The summed E-state index contributed by atoms with van der Waals surface area (Å²) in [5.74, 6) is 0. The number of aromatic nitrogens is 2. The third-order valence-electron chi connectivity index (χ3n) is 4.60. The van der Waals surface area contributed by atoms with Gasteiger partial charge in [-0.1, -0.05) is 19.1 Å². The fraction of sp³-hybridized carbons (Fsp3) is 0.471. The minimum atomic E-state index is -3.61. The molecule has 0 radical (unpaired) electrons. The van der Waals surface area contributed by atoms with Crippen LogP contribution >= 0.6 is 0 Å². The fourth-order valence-electron chi connectivity index (χ4n) is 3.20. The third kappa shape index (κ3) is 3.24. The van der Waals surface area contributed by atoms with Gasteiger partial charge in [0.05, 0.1) is 23.2 Å². The maximum absolute atomic E-state index is 13.0. The molecule has 0 amide bonds. The van der Waals surface area contributed by atoms with Gasteiger partial charge in [-0.2, -0.15) is 9.40 Å². The van der Waals surface area contributed by atoms with Crippen LogP contribution in [-0.4, -0.2) is 46.3 Å². The van der Waals surface area contributed by atoms with E-state index in [1.54, 1.807) is 23.0 Å². The molecule has 1 aliphatic rings. The topological polar surface area (TPSA) is 75.4 Å². The number of sulfonamides is 1. The number of hydrogen-bond acceptors (Lipinski definition) is 4. The Morgan fingerprint density at radius 2 is 1.96 bits per heavy atom. The molecule has 0 saturated carbocycles. The van der Waals surface area contributed by atoms with Gasteiger partial charge in [0.1, 0.15) is 0 Å². The molecule has 1 saturated heterocycles. The van der Waals surface area contributed by atoms with Gasteiger partial charge >= 0.3 is 0 Å². The summed E-state index contributed by atoms with van der Waals surface area (Å²) < 4.78 is 29.1. The number of aliphatic hydroxyl groups excluding tert-OH is 1. The molecule has 130 valence electrons. The molecule has 1 aromatic carbocycles. The zero-order valence-electron chi connectivity index (χ0n) is 14.0. The van der Waals surface area contributed by atoms with Crippen molar-refractivity contribution in [1.29, 1.82) is 0 Å². The zero-order chi connectivity index (χ0) is 17.3. The van der Waals surface area contributed by atoms with E-state index in [4.69, 9.17) is 0 Å². The minimum absolute atomic E-state index is 0.282. The summed E-state index contributed by atoms with van der Waals surface area (Å²) in [4.78, 5) is 0.282. The molecule has 2 aromatic rings. The van der Waals surface area contributed by atoms with E-state index in [0.717, 1.165) is 17.5 Å². The fourth-order valence-corrected chi connectivity index (χ4v) is 4.87. The van der Waals surface area contributed by atoms with Crippen LogP contribution in [0.5, 0.6) is 0 Å². The van der Waals surface area contributed by atoms with E-state index in [-0.39, 0.29) is 4.90 Å². The lowest BCUT2D eigenvalue weighted by Gasteiger charge is -2.25. The van der Waals surface area contributed by atoms with E-state index < -0.39 is 22.2 Å². The van der Waals surface area contributed by atoms with Crippen molar-refractivity contribution in [3.05, 3.63) is 47.8 Å². The van der Waals surface area contributed by atoms with E-state index in [1.807, 2.05) is 32.3 Å². The van der Waals surface area contributed by atoms with Crippen molar-refractivity contribution in [1.82, 2.24) is 14.1 Å². The predicted molar refractivity (Wildman–Crippen MR) is 91.0 cm³/mol. The van der Waals surface area contributed by atoms with Crippen molar-refractivity contribution >= 4 is 10.0 Å². The molecule has 24 heavy (non-hydrogen) atoms. The highest BCUT2D eigenvalue weighted by molar-refractivity contribution is 7.89. The largest absolute Gasteiger partial charge is 0.391 e. The summed E-state index contributed by atoms with van der Waals surface area (Å²) in [6.45, 7) is 2.37. The maximum Gasteiger partial charge on any atom is 0.243 e. The Balaban J connectivity index is 1.87. The first kappa shape index (κ1) is 17.1. The van der Waals surface area contributed by atoms with Crippen molar-refractivity contribution in [3.8, 4) is 0 Å². The zero-order valence-corrected chi connectivity index (χ0v) is 14.8. The van der Waals surface area contributed by atoms with Crippen LogP contribution < -0.4 is 0 Å². The lowest BCUT2D eigenvalue weighted by Crippen LogP contribution is -2.41. The van der Waals surface area contributed by atoms with Crippen LogP contribution in [0.1, 0.15) is 24.5 Å². The van der Waals surface area contributed by atoms with E-state index >= 15 is 0 Å². The average Bonchev–Trinajstić information content (AvgIpc) is 3.14. The highest BCUT2D eigenvalue weighted by Gasteiger charge is 2.40. The Morgan fingerprint density at radius 3 is 2.54 bits per heavy atom. The molecule has 1 aliphatic heterocycles. The SMILES string of the molecule is CCc1ccc(S(=O)(=O)N2CC[C@@H](O)[C@H]2Cc2cnn(C)c2)cc1. The summed E-state index contributed by atoms with van der Waals surface area (Å²) in [6, 6.07) is 6.54. The van der Waals surface area contributed by atoms with Gasteiger partial charge < -0.3 is 5.11 Å². The lowest BCUT2D eigenvalue weighted by atomic mass is 10.1. The molecule has 6 nitrogen and oxygen atoms in total. The van der Waals surface area contributed by atoms with Crippen molar-refractivity contribution in [2.24, 2.45) is 7.05 Å². The third-order valence-corrected chi connectivity index (χ3v) is 6.54. The van der Waals surface area contributed by atoms with Gasteiger partial charge in [0, 0.05) is 19.8 Å². The van der Waals surface area contributed by atoms with Gasteiger partial charge in [0.2, 0.25) is 10.0 Å². The molecule has 1 fully saturated rings. The lowest BCUT2D eigenvalue weighted by molar-refractivity contribution is 0.142. The highest BCUT2D eigenvalue weighted by Crippen LogP contribution is 2.28. The first-order valence-electron chi connectivity index (χ1n) is 8.18. The summed E-state index contributed by atoms with van der Waals surface area (Å²) in [6.07, 6.45) is 4.69. The Hall–Kier alpha value is -1.70. The number of aryl methyl sites for hydroxylation is 2. The Bertz CT molecular complexity index is 799. The van der Waals surface area contributed by atoms with Gasteiger partial charge in [-0.25, -0.2) is 8.42 Å². The maximum atomic E-state index is 13.0. The molecule has 1 N–H and O–H groups in total.